The summed E-state index contributed by atoms with van der Waals surface area (Å²) in [7, 11) is -1.35. The summed E-state index contributed by atoms with van der Waals surface area (Å²) < 4.78 is 0. The number of hydrogen-bond donors (Lipinski definition) is 4. The van der Waals surface area contributed by atoms with Crippen LogP contribution in [0.15, 0.2) is 12.1 Å². The van der Waals surface area contributed by atoms with Crippen LogP contribution in [0.3, 0.4) is 0 Å². The highest BCUT2D eigenvalue weighted by atomic mass is 35.5. The van der Waals surface area contributed by atoms with Crippen LogP contribution in [0.25, 0.3) is 0 Å². The molecule has 0 radical (unpaired) electrons. The number of hydrogen-bond acceptors (Lipinski definition) is 4. The van der Waals surface area contributed by atoms with Gasteiger partial charge in [0.05, 0.1) is 5.41 Å². The van der Waals surface area contributed by atoms with E-state index >= 15 is 0 Å². The van der Waals surface area contributed by atoms with Crippen molar-refractivity contribution in [3.8, 4) is 0 Å². The van der Waals surface area contributed by atoms with Crippen LogP contribution in [0.1, 0.15) is 55.8 Å². The number of carboxylic acid groups (broad SMARTS) is 1. The molecular weight excluding hydrogens is 328 g/mol. The quantitative estimate of drug-likeness (QED) is 0.564. The monoisotopic (exact) mass is 353 g/mol. The van der Waals surface area contributed by atoms with E-state index in [0.29, 0.717) is 24.3 Å². The Balaban J connectivity index is 2.38. The predicted molar refractivity (Wildman–Crippen MR) is 95.1 cm³/mol. The van der Waals surface area contributed by atoms with Crippen molar-refractivity contribution < 1.29 is 19.9 Å². The molecule has 7 heteroatoms. The van der Waals surface area contributed by atoms with Gasteiger partial charge in [0.1, 0.15) is 0 Å². The van der Waals surface area contributed by atoms with E-state index in [1.54, 1.807) is 6.92 Å². The summed E-state index contributed by atoms with van der Waals surface area (Å²) in [4.78, 5) is 12.1. The highest BCUT2D eigenvalue weighted by molar-refractivity contribution is 6.40. The summed E-state index contributed by atoms with van der Waals surface area (Å²) in [6.07, 6.45) is 2.77. The van der Waals surface area contributed by atoms with E-state index in [9.17, 15) is 9.90 Å². The number of carbonyl (C=O) groups is 1. The van der Waals surface area contributed by atoms with Crippen LogP contribution in [-0.2, 0) is 16.6 Å². The SMILES string of the molecule is CC[C@H](N)c1cc2c(cc1Cl)C[C@H](CCCB(O)O)[C@]2(C)C(=O)O. The molecule has 1 aliphatic rings. The van der Waals surface area contributed by atoms with Crippen molar-refractivity contribution >= 4 is 24.7 Å². The van der Waals surface area contributed by atoms with Crippen LogP contribution < -0.4 is 5.73 Å². The van der Waals surface area contributed by atoms with Crippen LogP contribution in [0.5, 0.6) is 0 Å². The van der Waals surface area contributed by atoms with Crippen molar-refractivity contribution in [1.82, 2.24) is 0 Å². The number of fused-ring (bicyclic) bond motifs is 1. The number of halogens is 1. The van der Waals surface area contributed by atoms with Crippen LogP contribution in [0.2, 0.25) is 11.3 Å². The van der Waals surface area contributed by atoms with E-state index in [0.717, 1.165) is 23.1 Å². The summed E-state index contributed by atoms with van der Waals surface area (Å²) in [6.45, 7) is 3.71. The molecule has 0 aromatic heterocycles. The van der Waals surface area contributed by atoms with E-state index < -0.39 is 18.5 Å². The van der Waals surface area contributed by atoms with Gasteiger partial charge < -0.3 is 20.9 Å². The maximum absolute atomic E-state index is 12.1. The van der Waals surface area contributed by atoms with Gasteiger partial charge >= 0.3 is 13.1 Å². The number of benzene rings is 1. The zero-order valence-electron chi connectivity index (χ0n) is 14.1. The van der Waals surface area contributed by atoms with E-state index in [-0.39, 0.29) is 18.3 Å². The minimum atomic E-state index is -1.35. The topological polar surface area (TPSA) is 104 Å². The molecular formula is C17H25BClNO4. The minimum Gasteiger partial charge on any atom is -0.481 e. The van der Waals surface area contributed by atoms with E-state index in [1.165, 1.54) is 0 Å². The fourth-order valence-corrected chi connectivity index (χ4v) is 4.03. The predicted octanol–water partition coefficient (Wildman–Crippen LogP) is 2.52. The number of carboxylic acids is 1. The smallest absolute Gasteiger partial charge is 0.451 e. The van der Waals surface area contributed by atoms with Crippen molar-refractivity contribution in [1.29, 1.82) is 0 Å². The molecule has 0 aliphatic heterocycles. The molecule has 3 atom stereocenters. The Hall–Kier alpha value is -1.08. The van der Waals surface area contributed by atoms with Gasteiger partial charge in [0.2, 0.25) is 0 Å². The molecule has 5 nitrogen and oxygen atoms in total. The molecule has 1 aromatic carbocycles. The lowest BCUT2D eigenvalue weighted by Crippen LogP contribution is -2.37. The first-order chi connectivity index (χ1) is 11.2. The third kappa shape index (κ3) is 3.47. The van der Waals surface area contributed by atoms with E-state index in [2.05, 4.69) is 0 Å². The van der Waals surface area contributed by atoms with Crippen molar-refractivity contribution in [3.63, 3.8) is 0 Å². The first-order valence-electron chi connectivity index (χ1n) is 8.39. The lowest BCUT2D eigenvalue weighted by molar-refractivity contribution is -0.145. The number of nitrogens with two attached hydrogens (primary N) is 1. The maximum Gasteiger partial charge on any atom is 0.451 e. The lowest BCUT2D eigenvalue weighted by atomic mass is 9.72. The Morgan fingerprint density at radius 1 is 1.50 bits per heavy atom. The Morgan fingerprint density at radius 2 is 2.17 bits per heavy atom. The Bertz CT molecular complexity index is 625. The molecule has 0 heterocycles. The number of aliphatic carboxylic acids is 1. The zero-order chi connectivity index (χ0) is 18.1. The van der Waals surface area contributed by atoms with Gasteiger partial charge in [0, 0.05) is 11.1 Å². The van der Waals surface area contributed by atoms with Gasteiger partial charge in [-0.2, -0.15) is 0 Å². The molecule has 2 rings (SSSR count). The fraction of sp³-hybridized carbons (Fsp3) is 0.588. The minimum absolute atomic E-state index is 0.104. The molecule has 0 fully saturated rings. The zero-order valence-corrected chi connectivity index (χ0v) is 14.9. The highest BCUT2D eigenvalue weighted by Crippen LogP contribution is 2.47. The largest absolute Gasteiger partial charge is 0.481 e. The molecule has 5 N–H and O–H groups in total. The second-order valence-electron chi connectivity index (χ2n) is 6.87. The number of rotatable bonds is 7. The molecule has 132 valence electrons. The summed E-state index contributed by atoms with van der Waals surface area (Å²) in [5.41, 5.74) is 7.63. The average Bonchev–Trinajstić information content (AvgIpc) is 2.78. The van der Waals surface area contributed by atoms with Crippen molar-refractivity contribution in [3.05, 3.63) is 33.8 Å². The van der Waals surface area contributed by atoms with Crippen LogP contribution in [-0.4, -0.2) is 28.2 Å². The average molecular weight is 354 g/mol. The highest BCUT2D eigenvalue weighted by Gasteiger charge is 2.49. The second-order valence-corrected chi connectivity index (χ2v) is 7.27. The van der Waals surface area contributed by atoms with Crippen molar-refractivity contribution in [2.75, 3.05) is 0 Å². The van der Waals surface area contributed by atoms with Gasteiger partial charge in [-0.1, -0.05) is 31.0 Å². The molecule has 1 aliphatic carbocycles. The van der Waals surface area contributed by atoms with Crippen LogP contribution in [0, 0.1) is 5.92 Å². The molecule has 1 aromatic rings. The summed E-state index contributed by atoms with van der Waals surface area (Å²) in [5.74, 6) is -0.970. The van der Waals surface area contributed by atoms with Crippen LogP contribution in [0.4, 0.5) is 0 Å². The summed E-state index contributed by atoms with van der Waals surface area (Å²) >= 11 is 6.35. The van der Waals surface area contributed by atoms with E-state index in [4.69, 9.17) is 27.4 Å². The molecule has 0 saturated heterocycles. The van der Waals surface area contributed by atoms with Crippen LogP contribution >= 0.6 is 11.6 Å². The molecule has 0 saturated carbocycles. The molecule has 0 unspecified atom stereocenters. The Labute approximate surface area is 148 Å². The van der Waals surface area contributed by atoms with E-state index in [1.807, 2.05) is 19.1 Å². The van der Waals surface area contributed by atoms with Crippen molar-refractivity contribution in [2.24, 2.45) is 11.7 Å². The molecule has 24 heavy (non-hydrogen) atoms. The first kappa shape index (κ1) is 19.3. The van der Waals surface area contributed by atoms with Gasteiger partial charge in [0.15, 0.2) is 0 Å². The van der Waals surface area contributed by atoms with Gasteiger partial charge in [-0.3, -0.25) is 4.79 Å². The van der Waals surface area contributed by atoms with Gasteiger partial charge in [0.25, 0.3) is 0 Å². The standard InChI is InChI=1S/C17H25BClNO4/c1-3-15(20)12-9-13-10(8-14(12)19)7-11(5-4-6-18(23)24)17(13,2)16(21)22/h8-9,11,15,23-24H,3-7,20H2,1-2H3,(H,21,22)/t11-,15-,17-/m0/s1. The third-order valence-corrected chi connectivity index (χ3v) is 5.69. The summed E-state index contributed by atoms with van der Waals surface area (Å²) in [6, 6.07) is 3.49. The van der Waals surface area contributed by atoms with Gasteiger partial charge in [-0.05, 0) is 61.2 Å². The normalized spacial score (nSPS) is 23.8. The van der Waals surface area contributed by atoms with Crippen molar-refractivity contribution in [2.45, 2.75) is 57.3 Å². The van der Waals surface area contributed by atoms with Gasteiger partial charge in [-0.15, -0.1) is 0 Å². The Kier molecular flexibility index (Phi) is 5.97. The summed E-state index contributed by atoms with van der Waals surface area (Å²) in [5, 5.41) is 28.5. The second kappa shape index (κ2) is 7.44. The maximum atomic E-state index is 12.1. The van der Waals surface area contributed by atoms with Gasteiger partial charge in [-0.25, -0.2) is 0 Å². The molecule has 0 spiro atoms. The fourth-order valence-electron chi connectivity index (χ4n) is 3.70. The lowest BCUT2D eigenvalue weighted by Gasteiger charge is -2.29. The molecule has 0 amide bonds. The first-order valence-corrected chi connectivity index (χ1v) is 8.77. The molecule has 0 bridgehead atoms. The third-order valence-electron chi connectivity index (χ3n) is 5.36. The Morgan fingerprint density at radius 3 is 2.71 bits per heavy atom.